The van der Waals surface area contributed by atoms with Gasteiger partial charge in [0.1, 0.15) is 0 Å². The van der Waals surface area contributed by atoms with Crippen LogP contribution in [-0.4, -0.2) is 16.2 Å². The summed E-state index contributed by atoms with van der Waals surface area (Å²) in [7, 11) is 0. The maximum atomic E-state index is 12.1. The van der Waals surface area contributed by atoms with E-state index in [2.05, 4.69) is 10.2 Å². The maximum Gasteiger partial charge on any atom is 0.338 e. The Labute approximate surface area is 137 Å². The van der Waals surface area contributed by atoms with E-state index in [9.17, 15) is 4.79 Å². The topological polar surface area (TPSA) is 65.2 Å². The summed E-state index contributed by atoms with van der Waals surface area (Å²) in [5, 5.41) is 8.38. The number of aromatic nitrogens is 2. The lowest BCUT2D eigenvalue weighted by Gasteiger charge is -2.09. The smallest absolute Gasteiger partial charge is 0.338 e. The van der Waals surface area contributed by atoms with Crippen LogP contribution < -0.4 is 0 Å². The molecule has 0 aliphatic carbocycles. The third kappa shape index (κ3) is 3.57. The number of esters is 1. The van der Waals surface area contributed by atoms with Gasteiger partial charge in [-0.15, -0.1) is 10.2 Å². The Kier molecular flexibility index (Phi) is 4.39. The molecule has 1 atom stereocenters. The molecule has 0 saturated heterocycles. The quantitative estimate of drug-likeness (QED) is 0.668. The number of ether oxygens (including phenoxy) is 1. The van der Waals surface area contributed by atoms with E-state index in [1.54, 1.807) is 31.2 Å². The minimum Gasteiger partial charge on any atom is -0.449 e. The van der Waals surface area contributed by atoms with Crippen molar-refractivity contribution >= 4 is 17.6 Å². The number of hydrogen-bond donors (Lipinski definition) is 0. The van der Waals surface area contributed by atoms with Gasteiger partial charge in [-0.2, -0.15) is 0 Å². The van der Waals surface area contributed by atoms with Crippen LogP contribution >= 0.6 is 11.6 Å². The van der Waals surface area contributed by atoms with Crippen molar-refractivity contribution in [2.24, 2.45) is 0 Å². The van der Waals surface area contributed by atoms with Crippen LogP contribution in [-0.2, 0) is 4.74 Å². The van der Waals surface area contributed by atoms with Crippen molar-refractivity contribution < 1.29 is 13.9 Å². The molecule has 0 bridgehead atoms. The Hall–Kier alpha value is -2.66. The van der Waals surface area contributed by atoms with Crippen LogP contribution in [0.4, 0.5) is 0 Å². The summed E-state index contributed by atoms with van der Waals surface area (Å²) < 4.78 is 10.9. The van der Waals surface area contributed by atoms with E-state index in [0.717, 1.165) is 5.56 Å². The minimum atomic E-state index is -0.661. The Morgan fingerprint density at radius 3 is 2.65 bits per heavy atom. The van der Waals surface area contributed by atoms with Gasteiger partial charge < -0.3 is 9.15 Å². The predicted octanol–water partition coefficient (Wildman–Crippen LogP) is 4.31. The first-order valence-corrected chi connectivity index (χ1v) is 7.36. The number of benzene rings is 2. The van der Waals surface area contributed by atoms with Gasteiger partial charge in [-0.25, -0.2) is 4.79 Å². The summed E-state index contributed by atoms with van der Waals surface area (Å²) >= 11 is 5.86. The van der Waals surface area contributed by atoms with E-state index in [-0.39, 0.29) is 5.89 Å². The molecule has 0 amide bonds. The fourth-order valence-electron chi connectivity index (χ4n) is 1.99. The molecular weight excluding hydrogens is 316 g/mol. The van der Waals surface area contributed by atoms with Gasteiger partial charge >= 0.3 is 5.97 Å². The second kappa shape index (κ2) is 6.62. The predicted molar refractivity (Wildman–Crippen MR) is 85.0 cm³/mol. The first kappa shape index (κ1) is 15.2. The standard InChI is InChI=1S/C17H13ClN2O3/c1-11(22-17(21)13-8-5-9-14(18)10-13)15-19-20-16(23-15)12-6-3-2-4-7-12/h2-11H,1H3. The SMILES string of the molecule is CC(OC(=O)c1cccc(Cl)c1)c1nnc(-c2ccccc2)o1. The van der Waals surface area contributed by atoms with E-state index in [1.165, 1.54) is 0 Å². The molecule has 0 aliphatic heterocycles. The number of carbonyl (C=O) groups is 1. The lowest BCUT2D eigenvalue weighted by Crippen LogP contribution is -2.09. The molecule has 0 aliphatic rings. The second-order valence-electron chi connectivity index (χ2n) is 4.87. The average Bonchev–Trinajstić information content (AvgIpc) is 3.06. The third-order valence-corrected chi connectivity index (χ3v) is 3.39. The molecule has 23 heavy (non-hydrogen) atoms. The number of nitrogens with zero attached hydrogens (tertiary/aromatic N) is 2. The Balaban J connectivity index is 1.73. The minimum absolute atomic E-state index is 0.235. The van der Waals surface area contributed by atoms with Gasteiger partial charge in [0.15, 0.2) is 6.10 Å². The van der Waals surface area contributed by atoms with Gasteiger partial charge in [0, 0.05) is 10.6 Å². The molecule has 1 aromatic heterocycles. The molecule has 6 heteroatoms. The summed E-state index contributed by atoms with van der Waals surface area (Å²) in [5.74, 6) is 0.116. The first-order chi connectivity index (χ1) is 11.1. The first-order valence-electron chi connectivity index (χ1n) is 6.99. The van der Waals surface area contributed by atoms with E-state index in [4.69, 9.17) is 20.8 Å². The van der Waals surface area contributed by atoms with Gasteiger partial charge in [0.25, 0.3) is 5.89 Å². The number of hydrogen-bond acceptors (Lipinski definition) is 5. The molecular formula is C17H13ClN2O3. The van der Waals surface area contributed by atoms with Crippen LogP contribution in [0, 0.1) is 0 Å². The lowest BCUT2D eigenvalue weighted by atomic mass is 10.2. The highest BCUT2D eigenvalue weighted by atomic mass is 35.5. The number of carbonyl (C=O) groups excluding carboxylic acids is 1. The summed E-state index contributed by atoms with van der Waals surface area (Å²) in [4.78, 5) is 12.1. The molecule has 3 rings (SSSR count). The monoisotopic (exact) mass is 328 g/mol. The van der Waals surface area contributed by atoms with Crippen LogP contribution in [0.1, 0.15) is 29.3 Å². The largest absolute Gasteiger partial charge is 0.449 e. The summed E-state index contributed by atoms with van der Waals surface area (Å²) in [6.45, 7) is 1.67. The zero-order chi connectivity index (χ0) is 16.2. The zero-order valence-electron chi connectivity index (χ0n) is 12.3. The highest BCUT2D eigenvalue weighted by Gasteiger charge is 2.20. The number of halogens is 1. The van der Waals surface area contributed by atoms with Crippen molar-refractivity contribution in [3.8, 4) is 11.5 Å². The Morgan fingerprint density at radius 2 is 1.91 bits per heavy atom. The van der Waals surface area contributed by atoms with Crippen LogP contribution in [0.25, 0.3) is 11.5 Å². The van der Waals surface area contributed by atoms with Crippen LogP contribution in [0.3, 0.4) is 0 Å². The molecule has 0 fully saturated rings. The van der Waals surface area contributed by atoms with Gasteiger partial charge in [0.05, 0.1) is 5.56 Å². The van der Waals surface area contributed by atoms with Crippen LogP contribution in [0.2, 0.25) is 5.02 Å². The molecule has 0 N–H and O–H groups in total. The van der Waals surface area contributed by atoms with Crippen molar-refractivity contribution in [1.29, 1.82) is 0 Å². The second-order valence-corrected chi connectivity index (χ2v) is 5.31. The van der Waals surface area contributed by atoms with Gasteiger partial charge in [-0.3, -0.25) is 0 Å². The summed E-state index contributed by atoms with van der Waals surface area (Å²) in [6.07, 6.45) is -0.661. The highest BCUT2D eigenvalue weighted by molar-refractivity contribution is 6.30. The maximum absolute atomic E-state index is 12.1. The van der Waals surface area contributed by atoms with Crippen molar-refractivity contribution in [2.45, 2.75) is 13.0 Å². The summed E-state index contributed by atoms with van der Waals surface area (Å²) in [5.41, 5.74) is 1.17. The van der Waals surface area contributed by atoms with E-state index >= 15 is 0 Å². The molecule has 0 spiro atoms. The van der Waals surface area contributed by atoms with Crippen molar-refractivity contribution in [3.63, 3.8) is 0 Å². The summed E-state index contributed by atoms with van der Waals surface area (Å²) in [6, 6.07) is 15.9. The van der Waals surface area contributed by atoms with E-state index in [1.807, 2.05) is 30.3 Å². The van der Waals surface area contributed by atoms with E-state index < -0.39 is 12.1 Å². The highest BCUT2D eigenvalue weighted by Crippen LogP contribution is 2.23. The zero-order valence-corrected chi connectivity index (χ0v) is 13.0. The van der Waals surface area contributed by atoms with Crippen molar-refractivity contribution in [2.75, 3.05) is 0 Å². The normalized spacial score (nSPS) is 11.9. The molecule has 5 nitrogen and oxygen atoms in total. The number of rotatable bonds is 4. The molecule has 116 valence electrons. The molecule has 1 heterocycles. The molecule has 2 aromatic carbocycles. The average molecular weight is 329 g/mol. The van der Waals surface area contributed by atoms with Gasteiger partial charge in [-0.05, 0) is 37.3 Å². The van der Waals surface area contributed by atoms with Crippen LogP contribution in [0.15, 0.2) is 59.0 Å². The van der Waals surface area contributed by atoms with Gasteiger partial charge in [-0.1, -0.05) is 35.9 Å². The van der Waals surface area contributed by atoms with E-state index in [0.29, 0.717) is 16.5 Å². The molecule has 3 aromatic rings. The third-order valence-electron chi connectivity index (χ3n) is 3.15. The van der Waals surface area contributed by atoms with Crippen molar-refractivity contribution in [3.05, 3.63) is 71.1 Å². The molecule has 1 unspecified atom stereocenters. The fraction of sp³-hybridized carbons (Fsp3) is 0.118. The van der Waals surface area contributed by atoms with Gasteiger partial charge in [0.2, 0.25) is 5.89 Å². The molecule has 0 saturated carbocycles. The molecule has 0 radical (unpaired) electrons. The lowest BCUT2D eigenvalue weighted by molar-refractivity contribution is 0.0280. The van der Waals surface area contributed by atoms with Crippen LogP contribution in [0.5, 0.6) is 0 Å². The van der Waals surface area contributed by atoms with Crippen molar-refractivity contribution in [1.82, 2.24) is 10.2 Å². The fourth-order valence-corrected chi connectivity index (χ4v) is 2.18. The Morgan fingerprint density at radius 1 is 1.13 bits per heavy atom. The Bertz CT molecular complexity index is 817.